The van der Waals surface area contributed by atoms with E-state index < -0.39 is 5.60 Å². The van der Waals surface area contributed by atoms with Crippen molar-refractivity contribution in [3.05, 3.63) is 0 Å². The number of rotatable bonds is 5. The van der Waals surface area contributed by atoms with Gasteiger partial charge in [0.15, 0.2) is 5.60 Å². The molecule has 0 aromatic rings. The van der Waals surface area contributed by atoms with Crippen LogP contribution in [0.1, 0.15) is 19.3 Å². The number of carbonyl (C=O) groups is 1. The number of hydrogen-bond donors (Lipinski definition) is 1. The second kappa shape index (κ2) is 4.92. The first-order valence-corrected chi connectivity index (χ1v) is 6.29. The molecule has 2 aliphatic rings. The number of aliphatic hydroxyl groups is 1. The van der Waals surface area contributed by atoms with Gasteiger partial charge in [-0.1, -0.05) is 0 Å². The summed E-state index contributed by atoms with van der Waals surface area (Å²) in [7, 11) is 3.84. The Morgan fingerprint density at radius 1 is 1.41 bits per heavy atom. The van der Waals surface area contributed by atoms with Crippen LogP contribution in [0.15, 0.2) is 0 Å². The lowest BCUT2D eigenvalue weighted by Gasteiger charge is -2.28. The number of likely N-dealkylation sites (N-methyl/N-ethyl adjacent to an activating group) is 2. The van der Waals surface area contributed by atoms with Gasteiger partial charge in [-0.15, -0.1) is 0 Å². The number of ether oxygens (including phenoxy) is 1. The maximum absolute atomic E-state index is 12.0. The van der Waals surface area contributed by atoms with Crippen LogP contribution in [0.3, 0.4) is 0 Å². The fourth-order valence-corrected chi connectivity index (χ4v) is 2.19. The molecule has 2 fully saturated rings. The summed E-state index contributed by atoms with van der Waals surface area (Å²) in [6, 6.07) is 0.705. The van der Waals surface area contributed by atoms with Crippen LogP contribution >= 0.6 is 0 Å². The summed E-state index contributed by atoms with van der Waals surface area (Å²) < 4.78 is 5.10. The Labute approximate surface area is 102 Å². The van der Waals surface area contributed by atoms with E-state index in [4.69, 9.17) is 4.74 Å². The molecule has 2 rings (SSSR count). The topological polar surface area (TPSA) is 53.0 Å². The SMILES string of the molecule is CN(CCN(C)C1CC1)C(=O)[C@@]1(O)CCOC1. The van der Waals surface area contributed by atoms with E-state index in [1.165, 1.54) is 12.8 Å². The van der Waals surface area contributed by atoms with Gasteiger partial charge in [-0.2, -0.15) is 0 Å². The lowest BCUT2D eigenvalue weighted by molar-refractivity contribution is -0.149. The van der Waals surface area contributed by atoms with Gasteiger partial charge in [0, 0.05) is 32.6 Å². The Morgan fingerprint density at radius 2 is 2.12 bits per heavy atom. The first-order chi connectivity index (χ1) is 8.03. The Kier molecular flexibility index (Phi) is 3.70. The highest BCUT2D eigenvalue weighted by molar-refractivity contribution is 5.85. The van der Waals surface area contributed by atoms with E-state index in [1.807, 2.05) is 0 Å². The van der Waals surface area contributed by atoms with Gasteiger partial charge in [-0.05, 0) is 19.9 Å². The second-order valence-corrected chi connectivity index (χ2v) is 5.27. The van der Waals surface area contributed by atoms with Gasteiger partial charge < -0.3 is 19.6 Å². The third kappa shape index (κ3) is 2.97. The largest absolute Gasteiger partial charge is 0.378 e. The van der Waals surface area contributed by atoms with Crippen LogP contribution in [0.4, 0.5) is 0 Å². The zero-order valence-corrected chi connectivity index (χ0v) is 10.7. The standard InChI is InChI=1S/C12H22N2O3/c1-13(10-3-4-10)6-7-14(2)11(15)12(16)5-8-17-9-12/h10,16H,3-9H2,1-2H3/t12-/m1/s1. The van der Waals surface area contributed by atoms with Crippen molar-refractivity contribution in [1.29, 1.82) is 0 Å². The van der Waals surface area contributed by atoms with Crippen molar-refractivity contribution in [2.45, 2.75) is 30.9 Å². The van der Waals surface area contributed by atoms with E-state index in [-0.39, 0.29) is 12.5 Å². The minimum Gasteiger partial charge on any atom is -0.378 e. The number of amides is 1. The van der Waals surface area contributed by atoms with Crippen LogP contribution in [0.5, 0.6) is 0 Å². The predicted molar refractivity (Wildman–Crippen MR) is 63.7 cm³/mol. The van der Waals surface area contributed by atoms with Crippen molar-refractivity contribution in [2.24, 2.45) is 0 Å². The molecule has 0 spiro atoms. The van der Waals surface area contributed by atoms with Crippen LogP contribution in [0, 0.1) is 0 Å². The van der Waals surface area contributed by atoms with Gasteiger partial charge in [0.2, 0.25) is 0 Å². The van der Waals surface area contributed by atoms with Crippen LogP contribution in [-0.2, 0) is 9.53 Å². The normalized spacial score (nSPS) is 28.7. The number of nitrogens with zero attached hydrogens (tertiary/aromatic N) is 2. The van der Waals surface area contributed by atoms with E-state index >= 15 is 0 Å². The fraction of sp³-hybridized carbons (Fsp3) is 0.917. The van der Waals surface area contributed by atoms with E-state index in [0.717, 1.165) is 6.54 Å². The molecule has 1 heterocycles. The van der Waals surface area contributed by atoms with Gasteiger partial charge in [0.1, 0.15) is 0 Å². The average Bonchev–Trinajstić information content (AvgIpc) is 3.08. The summed E-state index contributed by atoms with van der Waals surface area (Å²) in [5.41, 5.74) is -1.28. The molecule has 0 aromatic carbocycles. The van der Waals surface area contributed by atoms with E-state index in [9.17, 15) is 9.90 Å². The lowest BCUT2D eigenvalue weighted by Crippen LogP contribution is -2.49. The molecule has 17 heavy (non-hydrogen) atoms. The van der Waals surface area contributed by atoms with Crippen molar-refractivity contribution in [3.8, 4) is 0 Å². The molecule has 5 nitrogen and oxygen atoms in total. The molecule has 98 valence electrons. The molecule has 1 saturated heterocycles. The van der Waals surface area contributed by atoms with Gasteiger partial charge in [0.05, 0.1) is 13.2 Å². The molecule has 1 amide bonds. The Balaban J connectivity index is 1.78. The summed E-state index contributed by atoms with van der Waals surface area (Å²) in [6.45, 7) is 2.13. The third-order valence-corrected chi connectivity index (χ3v) is 3.70. The summed E-state index contributed by atoms with van der Waals surface area (Å²) in [5, 5.41) is 10.1. The van der Waals surface area contributed by atoms with Crippen LogP contribution in [-0.4, -0.2) is 72.9 Å². The van der Waals surface area contributed by atoms with Crippen molar-refractivity contribution < 1.29 is 14.6 Å². The predicted octanol–water partition coefficient (Wildman–Crippen LogP) is -0.310. The van der Waals surface area contributed by atoms with Crippen molar-refractivity contribution in [1.82, 2.24) is 9.80 Å². The Morgan fingerprint density at radius 3 is 2.65 bits per heavy atom. The molecular formula is C12H22N2O3. The zero-order valence-electron chi connectivity index (χ0n) is 10.7. The monoisotopic (exact) mass is 242 g/mol. The highest BCUT2D eigenvalue weighted by Gasteiger charge is 2.41. The third-order valence-electron chi connectivity index (χ3n) is 3.70. The first-order valence-electron chi connectivity index (χ1n) is 6.29. The lowest BCUT2D eigenvalue weighted by atomic mass is 10.0. The Bertz CT molecular complexity index is 285. The Hall–Kier alpha value is -0.650. The molecule has 1 saturated carbocycles. The average molecular weight is 242 g/mol. The maximum Gasteiger partial charge on any atom is 0.256 e. The van der Waals surface area contributed by atoms with Gasteiger partial charge in [-0.25, -0.2) is 0 Å². The smallest absolute Gasteiger partial charge is 0.256 e. The molecule has 0 radical (unpaired) electrons. The second-order valence-electron chi connectivity index (χ2n) is 5.27. The summed E-state index contributed by atoms with van der Waals surface area (Å²) in [5.74, 6) is -0.209. The molecule has 1 aliphatic heterocycles. The quantitative estimate of drug-likeness (QED) is 0.718. The number of hydrogen-bond acceptors (Lipinski definition) is 4. The van der Waals surface area contributed by atoms with Crippen LogP contribution in [0.2, 0.25) is 0 Å². The van der Waals surface area contributed by atoms with Crippen LogP contribution < -0.4 is 0 Å². The molecule has 0 unspecified atom stereocenters. The minimum absolute atomic E-state index is 0.134. The summed E-state index contributed by atoms with van der Waals surface area (Å²) >= 11 is 0. The number of carbonyl (C=O) groups excluding carboxylic acids is 1. The fourth-order valence-electron chi connectivity index (χ4n) is 2.19. The van der Waals surface area contributed by atoms with Gasteiger partial charge >= 0.3 is 0 Å². The molecule has 1 aliphatic carbocycles. The highest BCUT2D eigenvalue weighted by atomic mass is 16.5. The van der Waals surface area contributed by atoms with Crippen molar-refractivity contribution >= 4 is 5.91 Å². The van der Waals surface area contributed by atoms with Crippen molar-refractivity contribution in [3.63, 3.8) is 0 Å². The molecular weight excluding hydrogens is 220 g/mol. The molecule has 0 bridgehead atoms. The minimum atomic E-state index is -1.28. The van der Waals surface area contributed by atoms with E-state index in [1.54, 1.807) is 11.9 Å². The molecule has 0 aromatic heterocycles. The van der Waals surface area contributed by atoms with Crippen LogP contribution in [0.25, 0.3) is 0 Å². The summed E-state index contributed by atoms with van der Waals surface area (Å²) in [4.78, 5) is 15.9. The van der Waals surface area contributed by atoms with Crippen molar-refractivity contribution in [2.75, 3.05) is 40.4 Å². The highest BCUT2D eigenvalue weighted by Crippen LogP contribution is 2.25. The van der Waals surface area contributed by atoms with E-state index in [0.29, 0.717) is 25.6 Å². The molecule has 5 heteroatoms. The van der Waals surface area contributed by atoms with E-state index in [2.05, 4.69) is 11.9 Å². The first kappa shape index (κ1) is 12.8. The molecule has 1 N–H and O–H groups in total. The zero-order chi connectivity index (χ0) is 12.5. The maximum atomic E-state index is 12.0. The van der Waals surface area contributed by atoms with Gasteiger partial charge in [0.25, 0.3) is 5.91 Å². The molecule has 1 atom stereocenters. The van der Waals surface area contributed by atoms with Gasteiger partial charge in [-0.3, -0.25) is 4.79 Å². The summed E-state index contributed by atoms with van der Waals surface area (Å²) in [6.07, 6.45) is 2.95.